The Hall–Kier alpha value is -4.02. The third kappa shape index (κ3) is 4.92. The molecule has 0 unspecified atom stereocenters. The average molecular weight is 465 g/mol. The molecule has 0 aliphatic carbocycles. The van der Waals surface area contributed by atoms with Gasteiger partial charge in [-0.15, -0.1) is 13.0 Å². The Balaban J connectivity index is 2.10. The summed E-state index contributed by atoms with van der Waals surface area (Å²) >= 11 is 6.06. The highest BCUT2D eigenvalue weighted by atomic mass is 35.5. The molecular weight excluding hydrogens is 444 g/mol. The summed E-state index contributed by atoms with van der Waals surface area (Å²) in [6, 6.07) is 7.30. The number of hydrogen-bond acceptors (Lipinski definition) is 5. The zero-order valence-electron chi connectivity index (χ0n) is 18.1. The molecule has 1 heterocycles. The van der Waals surface area contributed by atoms with Gasteiger partial charge in [-0.3, -0.25) is 14.9 Å². The number of barbiturate groups is 1. The van der Waals surface area contributed by atoms with Gasteiger partial charge in [0.25, 0.3) is 11.8 Å². The van der Waals surface area contributed by atoms with Gasteiger partial charge in [0.1, 0.15) is 12.2 Å². The summed E-state index contributed by atoms with van der Waals surface area (Å²) in [6.45, 7) is 5.51. The first kappa shape index (κ1) is 23.6. The van der Waals surface area contributed by atoms with Gasteiger partial charge in [0, 0.05) is 10.6 Å². The van der Waals surface area contributed by atoms with Crippen LogP contribution in [-0.2, 0) is 16.0 Å². The van der Waals surface area contributed by atoms with Crippen LogP contribution in [0.3, 0.4) is 0 Å². The molecule has 0 spiro atoms. The third-order valence-corrected chi connectivity index (χ3v) is 5.10. The number of nitrogens with one attached hydrogen (secondary N) is 1. The van der Waals surface area contributed by atoms with Crippen molar-refractivity contribution in [3.05, 3.63) is 70.3 Å². The number of carbonyl (C=O) groups is 3. The molecular formula is C25H21ClN2O5. The van der Waals surface area contributed by atoms with Crippen LogP contribution in [0.15, 0.2) is 48.6 Å². The maximum Gasteiger partial charge on any atom is 0.335 e. The Bertz CT molecular complexity index is 1230. The summed E-state index contributed by atoms with van der Waals surface area (Å²) in [5, 5.41) is 2.55. The molecule has 33 heavy (non-hydrogen) atoms. The molecule has 168 valence electrons. The number of urea groups is 1. The second-order valence-corrected chi connectivity index (χ2v) is 7.52. The van der Waals surface area contributed by atoms with Crippen LogP contribution >= 0.6 is 11.6 Å². The Morgan fingerprint density at radius 3 is 2.67 bits per heavy atom. The number of halogens is 1. The highest BCUT2D eigenvalue weighted by Gasteiger charge is 2.37. The Kier molecular flexibility index (Phi) is 7.21. The third-order valence-electron chi connectivity index (χ3n) is 4.86. The van der Waals surface area contributed by atoms with Crippen LogP contribution in [0.1, 0.15) is 16.7 Å². The Morgan fingerprint density at radius 1 is 1.24 bits per heavy atom. The van der Waals surface area contributed by atoms with E-state index in [0.29, 0.717) is 39.6 Å². The lowest BCUT2D eigenvalue weighted by atomic mass is 10.0. The van der Waals surface area contributed by atoms with E-state index in [4.69, 9.17) is 27.5 Å². The number of allylic oxidation sites excluding steroid dienone is 1. The molecule has 1 N–H and O–H groups in total. The SMILES string of the molecule is C#CCOc1c(CC=C)cc(/C=C2\C(=O)NC(=O)N(c3cc(Cl)ccc3C)C2=O)cc1OC. The van der Waals surface area contributed by atoms with Gasteiger partial charge in [-0.25, -0.2) is 9.69 Å². The van der Waals surface area contributed by atoms with Crippen molar-refractivity contribution in [2.24, 2.45) is 0 Å². The summed E-state index contributed by atoms with van der Waals surface area (Å²) in [6.07, 6.45) is 8.79. The number of anilines is 1. The van der Waals surface area contributed by atoms with E-state index in [2.05, 4.69) is 17.8 Å². The van der Waals surface area contributed by atoms with Crippen molar-refractivity contribution in [1.29, 1.82) is 0 Å². The van der Waals surface area contributed by atoms with Crippen molar-refractivity contribution in [2.75, 3.05) is 18.6 Å². The molecule has 1 saturated heterocycles. The molecule has 0 radical (unpaired) electrons. The van der Waals surface area contributed by atoms with Gasteiger partial charge in [0.15, 0.2) is 11.5 Å². The van der Waals surface area contributed by atoms with Crippen LogP contribution in [0, 0.1) is 19.3 Å². The minimum Gasteiger partial charge on any atom is -0.493 e. The molecule has 0 aromatic heterocycles. The number of ether oxygens (including phenoxy) is 2. The summed E-state index contributed by atoms with van der Waals surface area (Å²) in [5.74, 6) is 1.64. The van der Waals surface area contributed by atoms with Gasteiger partial charge in [0.2, 0.25) is 0 Å². The maximum atomic E-state index is 13.2. The summed E-state index contributed by atoms with van der Waals surface area (Å²) in [4.78, 5) is 39.2. The zero-order valence-corrected chi connectivity index (χ0v) is 18.9. The first-order chi connectivity index (χ1) is 15.8. The van der Waals surface area contributed by atoms with Crippen molar-refractivity contribution in [3.63, 3.8) is 0 Å². The number of terminal acetylenes is 1. The van der Waals surface area contributed by atoms with Crippen LogP contribution in [0.4, 0.5) is 10.5 Å². The molecule has 0 bridgehead atoms. The minimum absolute atomic E-state index is 0.0396. The molecule has 0 atom stereocenters. The second-order valence-electron chi connectivity index (χ2n) is 7.09. The smallest absolute Gasteiger partial charge is 0.335 e. The lowest BCUT2D eigenvalue weighted by Crippen LogP contribution is -2.54. The van der Waals surface area contributed by atoms with Crippen LogP contribution in [0.2, 0.25) is 5.02 Å². The second kappa shape index (κ2) is 10.1. The fourth-order valence-electron chi connectivity index (χ4n) is 3.37. The maximum absolute atomic E-state index is 13.2. The van der Waals surface area contributed by atoms with E-state index < -0.39 is 17.8 Å². The van der Waals surface area contributed by atoms with Gasteiger partial charge in [-0.05, 0) is 54.8 Å². The normalized spacial score (nSPS) is 14.7. The van der Waals surface area contributed by atoms with Gasteiger partial charge in [-0.2, -0.15) is 0 Å². The van der Waals surface area contributed by atoms with Gasteiger partial charge in [0.05, 0.1) is 12.8 Å². The van der Waals surface area contributed by atoms with Crippen LogP contribution in [0.5, 0.6) is 11.5 Å². The fraction of sp³-hybridized carbons (Fsp3) is 0.160. The van der Waals surface area contributed by atoms with E-state index in [9.17, 15) is 14.4 Å². The summed E-state index contributed by atoms with van der Waals surface area (Å²) in [7, 11) is 1.47. The monoisotopic (exact) mass is 464 g/mol. The van der Waals surface area contributed by atoms with Crippen LogP contribution < -0.4 is 19.7 Å². The fourth-order valence-corrected chi connectivity index (χ4v) is 3.54. The van der Waals surface area contributed by atoms with E-state index in [1.807, 2.05) is 0 Å². The first-order valence-corrected chi connectivity index (χ1v) is 10.2. The topological polar surface area (TPSA) is 84.9 Å². The molecule has 2 aromatic rings. The number of imide groups is 2. The zero-order chi connectivity index (χ0) is 24.1. The molecule has 7 nitrogen and oxygen atoms in total. The van der Waals surface area contributed by atoms with E-state index in [1.54, 1.807) is 37.3 Å². The van der Waals surface area contributed by atoms with Crippen molar-refractivity contribution in [1.82, 2.24) is 5.32 Å². The van der Waals surface area contributed by atoms with E-state index in [-0.39, 0.29) is 17.9 Å². The number of amides is 4. The van der Waals surface area contributed by atoms with Crippen molar-refractivity contribution in [2.45, 2.75) is 13.3 Å². The minimum atomic E-state index is -0.851. The quantitative estimate of drug-likeness (QED) is 0.289. The van der Waals surface area contributed by atoms with Gasteiger partial charge >= 0.3 is 6.03 Å². The number of carbonyl (C=O) groups excluding carboxylic acids is 3. The number of methoxy groups -OCH3 is 1. The Morgan fingerprint density at radius 2 is 2.00 bits per heavy atom. The molecule has 3 rings (SSSR count). The number of benzene rings is 2. The van der Waals surface area contributed by atoms with Crippen LogP contribution in [-0.4, -0.2) is 31.6 Å². The Labute approximate surface area is 196 Å². The van der Waals surface area contributed by atoms with Crippen molar-refractivity contribution in [3.8, 4) is 23.8 Å². The molecule has 1 aliphatic rings. The van der Waals surface area contributed by atoms with Crippen LogP contribution in [0.25, 0.3) is 6.08 Å². The predicted molar refractivity (Wildman–Crippen MR) is 126 cm³/mol. The molecule has 1 fully saturated rings. The lowest BCUT2D eigenvalue weighted by molar-refractivity contribution is -0.122. The van der Waals surface area contributed by atoms with Gasteiger partial charge < -0.3 is 9.47 Å². The molecule has 1 aliphatic heterocycles. The van der Waals surface area contributed by atoms with Gasteiger partial charge in [-0.1, -0.05) is 29.7 Å². The molecule has 4 amide bonds. The standard InChI is InChI=1S/C25H21ClN2O5/c1-5-7-17-11-16(13-21(32-4)22(17)33-10-6-2)12-19-23(29)27-25(31)28(24(19)30)20-14-18(26)9-8-15(20)3/h2,5,8-9,11-14H,1,7,10H2,3-4H3,(H,27,29,31)/b19-12+. The van der Waals surface area contributed by atoms with Crippen molar-refractivity contribution >= 4 is 41.2 Å². The molecule has 0 saturated carbocycles. The van der Waals surface area contributed by atoms with E-state index >= 15 is 0 Å². The number of aryl methyl sites for hydroxylation is 1. The first-order valence-electron chi connectivity index (χ1n) is 9.86. The van der Waals surface area contributed by atoms with E-state index in [1.165, 1.54) is 19.3 Å². The number of rotatable bonds is 7. The molecule has 2 aromatic carbocycles. The largest absolute Gasteiger partial charge is 0.493 e. The number of hydrogen-bond donors (Lipinski definition) is 1. The lowest BCUT2D eigenvalue weighted by Gasteiger charge is -2.27. The predicted octanol–water partition coefficient (Wildman–Crippen LogP) is 4.06. The summed E-state index contributed by atoms with van der Waals surface area (Å²) < 4.78 is 11.0. The van der Waals surface area contributed by atoms with E-state index in [0.717, 1.165) is 4.90 Å². The highest BCUT2D eigenvalue weighted by molar-refractivity contribution is 6.39. The highest BCUT2D eigenvalue weighted by Crippen LogP contribution is 2.35. The molecule has 8 heteroatoms. The average Bonchev–Trinajstić information content (AvgIpc) is 2.78. The summed E-state index contributed by atoms with van der Waals surface area (Å²) in [5.41, 5.74) is 1.90. The number of nitrogens with zero attached hydrogens (tertiary/aromatic N) is 1. The van der Waals surface area contributed by atoms with Crippen molar-refractivity contribution < 1.29 is 23.9 Å².